The van der Waals surface area contributed by atoms with Crippen LogP contribution in [-0.2, 0) is 9.59 Å². The van der Waals surface area contributed by atoms with Crippen molar-refractivity contribution in [3.05, 3.63) is 74.5 Å². The average Bonchev–Trinajstić information content (AvgIpc) is 2.89. The Morgan fingerprint density at radius 2 is 1.64 bits per heavy atom. The number of benzene rings is 2. The first-order chi connectivity index (χ1) is 17.3. The van der Waals surface area contributed by atoms with E-state index in [0.29, 0.717) is 53.4 Å². The predicted molar refractivity (Wildman–Crippen MR) is 139 cm³/mol. The number of H-pyrrole nitrogens is 1. The van der Waals surface area contributed by atoms with Gasteiger partial charge in [-0.25, -0.2) is 0 Å². The number of rotatable bonds is 3. The molecule has 2 aliphatic rings. The van der Waals surface area contributed by atoms with Crippen molar-refractivity contribution >= 4 is 57.4 Å². The van der Waals surface area contributed by atoms with Gasteiger partial charge >= 0.3 is 0 Å². The van der Waals surface area contributed by atoms with Gasteiger partial charge in [-0.1, -0.05) is 41.4 Å². The van der Waals surface area contributed by atoms with E-state index in [0.717, 1.165) is 5.69 Å². The van der Waals surface area contributed by atoms with E-state index >= 15 is 0 Å². The van der Waals surface area contributed by atoms with Crippen LogP contribution in [0.1, 0.15) is 23.2 Å². The van der Waals surface area contributed by atoms with Gasteiger partial charge in [0.15, 0.2) is 0 Å². The highest BCUT2D eigenvalue weighted by atomic mass is 35.5. The number of aromatic nitrogens is 1. The molecule has 36 heavy (non-hydrogen) atoms. The summed E-state index contributed by atoms with van der Waals surface area (Å²) in [6.45, 7) is 1.64. The van der Waals surface area contributed by atoms with Crippen molar-refractivity contribution in [2.75, 3.05) is 37.6 Å². The molecule has 0 spiro atoms. The number of piperazine rings is 1. The summed E-state index contributed by atoms with van der Waals surface area (Å²) in [6.07, 6.45) is 0.614. The van der Waals surface area contributed by atoms with Crippen LogP contribution in [0.5, 0.6) is 0 Å². The van der Waals surface area contributed by atoms with Gasteiger partial charge in [-0.05, 0) is 24.3 Å². The molecule has 3 aromatic rings. The van der Waals surface area contributed by atoms with Crippen LogP contribution in [0.4, 0.5) is 5.69 Å². The summed E-state index contributed by atoms with van der Waals surface area (Å²) in [5.74, 6) is -0.463. The number of nitrogens with zero attached hydrogens (tertiary/aromatic N) is 3. The van der Waals surface area contributed by atoms with E-state index in [1.165, 1.54) is 6.07 Å². The number of hydrogen-bond acceptors (Lipinski definition) is 5. The molecule has 10 heteroatoms. The van der Waals surface area contributed by atoms with Crippen LogP contribution in [0.3, 0.4) is 0 Å². The summed E-state index contributed by atoms with van der Waals surface area (Å²) in [5.41, 5.74) is 1.22. The molecule has 0 aliphatic carbocycles. The quantitative estimate of drug-likeness (QED) is 0.564. The molecule has 5 rings (SSSR count). The fraction of sp³-hybridized carbons (Fsp3) is 0.308. The fourth-order valence-corrected chi connectivity index (χ4v) is 5.17. The molecule has 2 amide bonds. The number of para-hydroxylation sites is 1. The maximum absolute atomic E-state index is 13.8. The number of carbonyl (C=O) groups is 3. The first-order valence-corrected chi connectivity index (χ1v) is 12.5. The van der Waals surface area contributed by atoms with Crippen LogP contribution in [0.2, 0.25) is 10.0 Å². The number of amides is 2. The van der Waals surface area contributed by atoms with Crippen molar-refractivity contribution in [3.8, 4) is 0 Å². The second-order valence-corrected chi connectivity index (χ2v) is 9.83. The molecule has 1 N–H and O–H groups in total. The zero-order chi connectivity index (χ0) is 25.4. The lowest BCUT2D eigenvalue weighted by Crippen LogP contribution is -2.62. The molecule has 0 radical (unpaired) electrons. The number of aromatic amines is 1. The van der Waals surface area contributed by atoms with Gasteiger partial charge in [-0.2, -0.15) is 0 Å². The monoisotopic (exact) mass is 526 g/mol. The molecule has 2 aliphatic heterocycles. The number of carbonyl (C=O) groups excluding carboxylic acids is 3. The van der Waals surface area contributed by atoms with Crippen molar-refractivity contribution < 1.29 is 14.4 Å². The highest BCUT2D eigenvalue weighted by Gasteiger charge is 2.39. The lowest BCUT2D eigenvalue weighted by atomic mass is 10.0. The molecule has 186 valence electrons. The normalized spacial score (nSPS) is 18.6. The standard InChI is InChI=1S/C26H24Cl2N4O4/c27-20-6-5-16(13-21(20)28)31-11-12-32(23(15-31)26(36)30-9-7-17(33)8-10-30)25(35)19-14-24(34)29-22-4-2-1-3-18(19)22/h1-6,13-14,23H,7-12,15H2,(H,29,34). The third-order valence-electron chi connectivity index (χ3n) is 6.81. The lowest BCUT2D eigenvalue weighted by Gasteiger charge is -2.43. The van der Waals surface area contributed by atoms with Gasteiger partial charge in [0.25, 0.3) is 5.91 Å². The van der Waals surface area contributed by atoms with E-state index in [2.05, 4.69) is 4.98 Å². The van der Waals surface area contributed by atoms with Gasteiger partial charge in [-0.3, -0.25) is 19.2 Å². The molecule has 1 atom stereocenters. The molecule has 2 saturated heterocycles. The van der Waals surface area contributed by atoms with Gasteiger partial charge in [0.2, 0.25) is 11.5 Å². The second-order valence-electron chi connectivity index (χ2n) is 9.02. The Morgan fingerprint density at radius 3 is 2.39 bits per heavy atom. The van der Waals surface area contributed by atoms with E-state index in [1.807, 2.05) is 11.0 Å². The van der Waals surface area contributed by atoms with Crippen LogP contribution in [0.15, 0.2) is 53.3 Å². The maximum atomic E-state index is 13.8. The summed E-state index contributed by atoms with van der Waals surface area (Å²) < 4.78 is 0. The number of halogens is 2. The second kappa shape index (κ2) is 9.95. The van der Waals surface area contributed by atoms with Gasteiger partial charge in [-0.15, -0.1) is 0 Å². The van der Waals surface area contributed by atoms with Crippen LogP contribution < -0.4 is 10.5 Å². The Morgan fingerprint density at radius 1 is 0.889 bits per heavy atom. The summed E-state index contributed by atoms with van der Waals surface area (Å²) in [5, 5.41) is 1.45. The molecule has 1 unspecified atom stereocenters. The Labute approximate surface area is 217 Å². The van der Waals surface area contributed by atoms with E-state index in [4.69, 9.17) is 23.2 Å². The third-order valence-corrected chi connectivity index (χ3v) is 7.55. The number of fused-ring (bicyclic) bond motifs is 1. The van der Waals surface area contributed by atoms with Crippen molar-refractivity contribution in [2.45, 2.75) is 18.9 Å². The molecule has 8 nitrogen and oxygen atoms in total. The smallest absolute Gasteiger partial charge is 0.255 e. The Balaban J connectivity index is 1.50. The van der Waals surface area contributed by atoms with Gasteiger partial charge in [0.05, 0.1) is 15.6 Å². The van der Waals surface area contributed by atoms with Crippen LogP contribution in [0.25, 0.3) is 10.9 Å². The van der Waals surface area contributed by atoms with Crippen molar-refractivity contribution in [3.63, 3.8) is 0 Å². The Kier molecular flexibility index (Phi) is 6.73. The Bertz CT molecular complexity index is 1410. The minimum absolute atomic E-state index is 0.128. The molecular weight excluding hydrogens is 503 g/mol. The molecule has 1 aromatic heterocycles. The number of nitrogens with one attached hydrogen (secondary N) is 1. The average molecular weight is 527 g/mol. The number of ketones is 1. The topological polar surface area (TPSA) is 93.8 Å². The summed E-state index contributed by atoms with van der Waals surface area (Å²) in [7, 11) is 0. The van der Waals surface area contributed by atoms with E-state index in [9.17, 15) is 19.2 Å². The van der Waals surface area contributed by atoms with E-state index in [-0.39, 0.29) is 41.8 Å². The summed E-state index contributed by atoms with van der Waals surface area (Å²) >= 11 is 12.3. The highest BCUT2D eigenvalue weighted by Crippen LogP contribution is 2.30. The van der Waals surface area contributed by atoms with Crippen molar-refractivity contribution in [1.29, 1.82) is 0 Å². The third kappa shape index (κ3) is 4.70. The Hall–Kier alpha value is -3.36. The van der Waals surface area contributed by atoms with Crippen LogP contribution >= 0.6 is 23.2 Å². The van der Waals surface area contributed by atoms with Crippen molar-refractivity contribution in [1.82, 2.24) is 14.8 Å². The first-order valence-electron chi connectivity index (χ1n) is 11.8. The molecule has 0 saturated carbocycles. The number of pyridine rings is 1. The van der Waals surface area contributed by atoms with Crippen LogP contribution in [0, 0.1) is 0 Å². The largest absolute Gasteiger partial charge is 0.367 e. The summed E-state index contributed by atoms with van der Waals surface area (Å²) in [4.78, 5) is 59.6. The highest BCUT2D eigenvalue weighted by molar-refractivity contribution is 6.42. The summed E-state index contributed by atoms with van der Waals surface area (Å²) in [6, 6.07) is 12.9. The number of piperidine rings is 1. The van der Waals surface area contributed by atoms with Crippen LogP contribution in [-0.4, -0.2) is 71.1 Å². The molecule has 0 bridgehead atoms. The minimum atomic E-state index is -0.799. The number of Topliss-reactive ketones (excluding diaryl/α,β-unsaturated/α-hetero) is 1. The van der Waals surface area contributed by atoms with E-state index in [1.54, 1.807) is 46.2 Å². The zero-order valence-electron chi connectivity index (χ0n) is 19.4. The SMILES string of the molecule is O=C1CCN(C(=O)C2CN(c3ccc(Cl)c(Cl)c3)CCN2C(=O)c2cc(=O)[nH]c3ccccc23)CC1. The minimum Gasteiger partial charge on any atom is -0.367 e. The van der Waals surface area contributed by atoms with Gasteiger partial charge in [0.1, 0.15) is 11.8 Å². The first kappa shape index (κ1) is 24.3. The molecule has 2 aromatic carbocycles. The zero-order valence-corrected chi connectivity index (χ0v) is 20.9. The predicted octanol–water partition coefficient (Wildman–Crippen LogP) is 3.36. The van der Waals surface area contributed by atoms with E-state index < -0.39 is 6.04 Å². The molecule has 2 fully saturated rings. The van der Waals surface area contributed by atoms with Gasteiger partial charge in [0, 0.05) is 68.2 Å². The fourth-order valence-electron chi connectivity index (χ4n) is 4.88. The molecule has 3 heterocycles. The van der Waals surface area contributed by atoms with Crippen molar-refractivity contribution in [2.24, 2.45) is 0 Å². The maximum Gasteiger partial charge on any atom is 0.255 e. The lowest BCUT2D eigenvalue weighted by molar-refractivity contribution is -0.139. The number of anilines is 1. The molecular formula is C26H24Cl2N4O4. The van der Waals surface area contributed by atoms with Gasteiger partial charge < -0.3 is 19.7 Å². The number of hydrogen-bond donors (Lipinski definition) is 1. The number of likely N-dealkylation sites (tertiary alicyclic amines) is 1.